The monoisotopic (exact) mass is 451 g/mol. The van der Waals surface area contributed by atoms with Crippen molar-refractivity contribution < 1.29 is 9.53 Å². The number of carbonyl (C=O) groups is 1. The summed E-state index contributed by atoms with van der Waals surface area (Å²) in [5, 5.41) is 5.28. The van der Waals surface area contributed by atoms with Crippen LogP contribution < -0.4 is 15.6 Å². The van der Waals surface area contributed by atoms with E-state index in [0.29, 0.717) is 34.2 Å². The standard InChI is InChI=1S/C23H21N3O3S2/c1-29-19-10-6-5-9-17(19)14-26-22(28)21-18(11-12-30-21)25-23(26)31-15-20(27)24-13-16-7-3-2-4-8-16/h2-12H,13-15H2,1H3,(H,24,27). The molecule has 0 aliphatic rings. The summed E-state index contributed by atoms with van der Waals surface area (Å²) in [6.07, 6.45) is 0. The van der Waals surface area contributed by atoms with Gasteiger partial charge in [-0.2, -0.15) is 0 Å². The van der Waals surface area contributed by atoms with Crippen LogP contribution in [-0.4, -0.2) is 28.3 Å². The van der Waals surface area contributed by atoms with Crippen LogP contribution in [0.25, 0.3) is 10.2 Å². The normalized spacial score (nSPS) is 10.9. The van der Waals surface area contributed by atoms with Crippen molar-refractivity contribution in [3.8, 4) is 5.75 Å². The summed E-state index contributed by atoms with van der Waals surface area (Å²) in [4.78, 5) is 30.2. The van der Waals surface area contributed by atoms with E-state index in [1.165, 1.54) is 23.1 Å². The lowest BCUT2D eigenvalue weighted by molar-refractivity contribution is -0.118. The van der Waals surface area contributed by atoms with E-state index in [1.54, 1.807) is 11.7 Å². The van der Waals surface area contributed by atoms with Crippen LogP contribution in [0.2, 0.25) is 0 Å². The summed E-state index contributed by atoms with van der Waals surface area (Å²) in [5.74, 6) is 0.760. The molecule has 0 saturated carbocycles. The van der Waals surface area contributed by atoms with Crippen LogP contribution in [0.3, 0.4) is 0 Å². The number of ether oxygens (including phenoxy) is 1. The maximum absolute atomic E-state index is 13.1. The number of thiophene rings is 1. The van der Waals surface area contributed by atoms with Gasteiger partial charge < -0.3 is 10.1 Å². The number of hydrogen-bond donors (Lipinski definition) is 1. The summed E-state index contributed by atoms with van der Waals surface area (Å²) in [6, 6.07) is 19.1. The number of benzene rings is 2. The minimum Gasteiger partial charge on any atom is -0.496 e. The van der Waals surface area contributed by atoms with Gasteiger partial charge in [-0.15, -0.1) is 11.3 Å². The fourth-order valence-electron chi connectivity index (χ4n) is 3.15. The molecule has 0 unspecified atom stereocenters. The van der Waals surface area contributed by atoms with E-state index in [9.17, 15) is 9.59 Å². The second-order valence-corrected chi connectivity index (χ2v) is 8.64. The second kappa shape index (κ2) is 9.80. The van der Waals surface area contributed by atoms with E-state index >= 15 is 0 Å². The molecule has 0 aliphatic carbocycles. The minimum atomic E-state index is -0.114. The van der Waals surface area contributed by atoms with Crippen molar-refractivity contribution in [3.05, 3.63) is 87.5 Å². The summed E-state index contributed by atoms with van der Waals surface area (Å²) in [7, 11) is 1.61. The molecule has 0 atom stereocenters. The van der Waals surface area contributed by atoms with Crippen LogP contribution in [0.1, 0.15) is 11.1 Å². The highest BCUT2D eigenvalue weighted by Gasteiger charge is 2.16. The summed E-state index contributed by atoms with van der Waals surface area (Å²) in [6.45, 7) is 0.781. The van der Waals surface area contributed by atoms with Gasteiger partial charge in [0.1, 0.15) is 10.4 Å². The predicted molar refractivity (Wildman–Crippen MR) is 125 cm³/mol. The van der Waals surface area contributed by atoms with Crippen molar-refractivity contribution in [2.75, 3.05) is 12.9 Å². The Bertz CT molecular complexity index is 1250. The van der Waals surface area contributed by atoms with Gasteiger partial charge in [-0.3, -0.25) is 14.2 Å². The lowest BCUT2D eigenvalue weighted by Crippen LogP contribution is -2.26. The van der Waals surface area contributed by atoms with Gasteiger partial charge >= 0.3 is 0 Å². The largest absolute Gasteiger partial charge is 0.496 e. The number of carbonyl (C=O) groups excluding carboxylic acids is 1. The lowest BCUT2D eigenvalue weighted by atomic mass is 10.2. The van der Waals surface area contributed by atoms with Gasteiger partial charge in [0, 0.05) is 12.1 Å². The van der Waals surface area contributed by atoms with Crippen LogP contribution in [0.4, 0.5) is 0 Å². The first-order chi connectivity index (χ1) is 15.2. The zero-order valence-corrected chi connectivity index (χ0v) is 18.5. The Labute approximate surface area is 187 Å². The Morgan fingerprint density at radius 3 is 2.71 bits per heavy atom. The van der Waals surface area contributed by atoms with Gasteiger partial charge in [0.25, 0.3) is 5.56 Å². The number of hydrogen-bond acceptors (Lipinski definition) is 6. The molecule has 158 valence electrons. The SMILES string of the molecule is COc1ccccc1Cn1c(SCC(=O)NCc2ccccc2)nc2ccsc2c1=O. The Hall–Kier alpha value is -3.10. The zero-order valence-electron chi connectivity index (χ0n) is 16.9. The van der Waals surface area contributed by atoms with Gasteiger partial charge in [-0.25, -0.2) is 4.98 Å². The van der Waals surface area contributed by atoms with E-state index < -0.39 is 0 Å². The summed E-state index contributed by atoms with van der Waals surface area (Å²) < 4.78 is 7.66. The molecule has 31 heavy (non-hydrogen) atoms. The molecule has 8 heteroatoms. The van der Waals surface area contributed by atoms with Crippen molar-refractivity contribution in [1.82, 2.24) is 14.9 Å². The highest BCUT2D eigenvalue weighted by molar-refractivity contribution is 7.99. The number of nitrogens with one attached hydrogen (secondary N) is 1. The Balaban J connectivity index is 1.55. The number of thioether (sulfide) groups is 1. The molecule has 2 aromatic heterocycles. The lowest BCUT2D eigenvalue weighted by Gasteiger charge is -2.14. The van der Waals surface area contributed by atoms with Crippen LogP contribution in [0.15, 0.2) is 76.0 Å². The fraction of sp³-hybridized carbons (Fsp3) is 0.174. The Morgan fingerprint density at radius 2 is 1.90 bits per heavy atom. The van der Waals surface area contributed by atoms with Crippen molar-refractivity contribution in [2.45, 2.75) is 18.2 Å². The average molecular weight is 452 g/mol. The molecular weight excluding hydrogens is 430 g/mol. The maximum Gasteiger partial charge on any atom is 0.272 e. The smallest absolute Gasteiger partial charge is 0.272 e. The molecule has 6 nitrogen and oxygen atoms in total. The first-order valence-electron chi connectivity index (χ1n) is 9.69. The molecule has 0 spiro atoms. The third-order valence-corrected chi connectivity index (χ3v) is 6.58. The van der Waals surface area contributed by atoms with Crippen molar-refractivity contribution in [3.63, 3.8) is 0 Å². The van der Waals surface area contributed by atoms with E-state index in [2.05, 4.69) is 10.3 Å². The van der Waals surface area contributed by atoms with E-state index in [0.717, 1.165) is 11.1 Å². The van der Waals surface area contributed by atoms with Crippen LogP contribution in [0, 0.1) is 0 Å². The van der Waals surface area contributed by atoms with Gasteiger partial charge in [-0.05, 0) is 23.1 Å². The van der Waals surface area contributed by atoms with Crippen LogP contribution >= 0.6 is 23.1 Å². The van der Waals surface area contributed by atoms with Crippen LogP contribution in [-0.2, 0) is 17.9 Å². The molecule has 1 amide bonds. The first kappa shape index (κ1) is 21.1. The highest BCUT2D eigenvalue weighted by atomic mass is 32.2. The number of methoxy groups -OCH3 is 1. The molecule has 0 aliphatic heterocycles. The summed E-state index contributed by atoms with van der Waals surface area (Å²) in [5.41, 5.74) is 2.45. The molecule has 0 saturated heterocycles. The van der Waals surface area contributed by atoms with Crippen molar-refractivity contribution in [1.29, 1.82) is 0 Å². The number of amides is 1. The molecule has 1 N–H and O–H groups in total. The molecule has 4 rings (SSSR count). The molecule has 2 heterocycles. The number of nitrogens with zero attached hydrogens (tertiary/aromatic N) is 2. The molecule has 2 aromatic carbocycles. The molecule has 4 aromatic rings. The van der Waals surface area contributed by atoms with Crippen LogP contribution in [0.5, 0.6) is 5.75 Å². The van der Waals surface area contributed by atoms with Gasteiger partial charge in [0.05, 0.1) is 24.9 Å². The third-order valence-electron chi connectivity index (χ3n) is 4.72. The average Bonchev–Trinajstić information content (AvgIpc) is 3.28. The quantitative estimate of drug-likeness (QED) is 0.325. The van der Waals surface area contributed by atoms with E-state index in [4.69, 9.17) is 4.74 Å². The number of rotatable bonds is 8. The Morgan fingerprint density at radius 1 is 1.13 bits per heavy atom. The van der Waals surface area contributed by atoms with Gasteiger partial charge in [-0.1, -0.05) is 60.3 Å². The highest BCUT2D eigenvalue weighted by Crippen LogP contribution is 2.24. The Kier molecular flexibility index (Phi) is 6.69. The van der Waals surface area contributed by atoms with E-state index in [1.807, 2.05) is 66.0 Å². The third kappa shape index (κ3) is 4.98. The number of para-hydroxylation sites is 1. The van der Waals surface area contributed by atoms with Gasteiger partial charge in [0.2, 0.25) is 5.91 Å². The molecule has 0 fully saturated rings. The molecule has 0 radical (unpaired) electrons. The first-order valence-corrected chi connectivity index (χ1v) is 11.6. The molecular formula is C23H21N3O3S2. The van der Waals surface area contributed by atoms with Gasteiger partial charge in [0.15, 0.2) is 5.16 Å². The second-order valence-electron chi connectivity index (χ2n) is 6.78. The summed E-state index contributed by atoms with van der Waals surface area (Å²) >= 11 is 2.63. The van der Waals surface area contributed by atoms with E-state index in [-0.39, 0.29) is 17.2 Å². The predicted octanol–water partition coefficient (Wildman–Crippen LogP) is 3.92. The number of aromatic nitrogens is 2. The number of fused-ring (bicyclic) bond motifs is 1. The fourth-order valence-corrected chi connectivity index (χ4v) is 4.76. The zero-order chi connectivity index (χ0) is 21.6. The van der Waals surface area contributed by atoms with Crippen molar-refractivity contribution in [2.24, 2.45) is 0 Å². The topological polar surface area (TPSA) is 73.2 Å². The minimum absolute atomic E-state index is 0.113. The van der Waals surface area contributed by atoms with Crippen molar-refractivity contribution >= 4 is 39.2 Å². The molecule has 0 bridgehead atoms. The maximum atomic E-state index is 13.1.